The van der Waals surface area contributed by atoms with Crippen LogP contribution in [0.1, 0.15) is 11.5 Å². The SMILES string of the molecule is Cc1cccc2nc(CBr)oc(=O)c12. The van der Waals surface area contributed by atoms with Gasteiger partial charge in [0.2, 0.25) is 5.89 Å². The van der Waals surface area contributed by atoms with E-state index in [0.29, 0.717) is 22.1 Å². The van der Waals surface area contributed by atoms with Crippen LogP contribution in [-0.2, 0) is 5.33 Å². The van der Waals surface area contributed by atoms with Gasteiger partial charge in [-0.05, 0) is 18.6 Å². The van der Waals surface area contributed by atoms with Crippen molar-refractivity contribution in [2.45, 2.75) is 12.3 Å². The molecule has 1 heterocycles. The Morgan fingerprint density at radius 1 is 1.50 bits per heavy atom. The third-order valence-corrected chi connectivity index (χ3v) is 2.50. The second-order valence-corrected chi connectivity index (χ2v) is 3.56. The predicted octanol–water partition coefficient (Wildman–Crippen LogP) is 2.39. The second-order valence-electron chi connectivity index (χ2n) is 3.00. The Morgan fingerprint density at radius 2 is 2.29 bits per heavy atom. The van der Waals surface area contributed by atoms with E-state index in [9.17, 15) is 4.79 Å². The zero-order valence-electron chi connectivity index (χ0n) is 7.58. The number of rotatable bonds is 1. The maximum absolute atomic E-state index is 11.6. The molecule has 0 amide bonds. The van der Waals surface area contributed by atoms with Crippen molar-refractivity contribution in [3.05, 3.63) is 40.1 Å². The van der Waals surface area contributed by atoms with Crippen molar-refractivity contribution in [1.29, 1.82) is 0 Å². The lowest BCUT2D eigenvalue weighted by atomic mass is 10.1. The van der Waals surface area contributed by atoms with Gasteiger partial charge >= 0.3 is 5.63 Å². The van der Waals surface area contributed by atoms with Crippen molar-refractivity contribution >= 4 is 26.8 Å². The minimum Gasteiger partial charge on any atom is -0.407 e. The first kappa shape index (κ1) is 9.40. The maximum atomic E-state index is 11.6. The van der Waals surface area contributed by atoms with Crippen molar-refractivity contribution < 1.29 is 4.42 Å². The van der Waals surface area contributed by atoms with Gasteiger partial charge < -0.3 is 4.42 Å². The van der Waals surface area contributed by atoms with Crippen molar-refractivity contribution in [1.82, 2.24) is 4.98 Å². The van der Waals surface area contributed by atoms with Gasteiger partial charge in [-0.2, -0.15) is 0 Å². The molecule has 4 heteroatoms. The van der Waals surface area contributed by atoms with E-state index in [1.54, 1.807) is 0 Å². The molecule has 0 N–H and O–H groups in total. The highest BCUT2D eigenvalue weighted by Crippen LogP contribution is 2.13. The van der Waals surface area contributed by atoms with E-state index in [0.717, 1.165) is 5.56 Å². The fraction of sp³-hybridized carbons (Fsp3) is 0.200. The predicted molar refractivity (Wildman–Crippen MR) is 57.6 cm³/mol. The molecule has 0 fully saturated rings. The molecule has 1 aromatic heterocycles. The van der Waals surface area contributed by atoms with Crippen LogP contribution in [0, 0.1) is 6.92 Å². The Balaban J connectivity index is 2.90. The Labute approximate surface area is 88.9 Å². The molecule has 3 nitrogen and oxygen atoms in total. The first-order chi connectivity index (χ1) is 6.72. The van der Waals surface area contributed by atoms with E-state index < -0.39 is 0 Å². The van der Waals surface area contributed by atoms with Gasteiger partial charge in [0.25, 0.3) is 0 Å². The Kier molecular flexibility index (Phi) is 2.37. The second kappa shape index (κ2) is 3.53. The molecule has 0 atom stereocenters. The number of aryl methyl sites for hydroxylation is 1. The molecule has 0 spiro atoms. The number of nitrogens with zero attached hydrogens (tertiary/aromatic N) is 1. The van der Waals surface area contributed by atoms with E-state index in [-0.39, 0.29) is 5.63 Å². The topological polar surface area (TPSA) is 43.1 Å². The van der Waals surface area contributed by atoms with Gasteiger partial charge in [0, 0.05) is 0 Å². The largest absolute Gasteiger partial charge is 0.407 e. The molecule has 72 valence electrons. The van der Waals surface area contributed by atoms with E-state index >= 15 is 0 Å². The van der Waals surface area contributed by atoms with Crippen LogP contribution in [-0.4, -0.2) is 4.98 Å². The number of fused-ring (bicyclic) bond motifs is 1. The third-order valence-electron chi connectivity index (χ3n) is 2.02. The number of halogens is 1. The summed E-state index contributed by atoms with van der Waals surface area (Å²) in [5.74, 6) is 0.410. The van der Waals surface area contributed by atoms with Crippen LogP contribution in [0.2, 0.25) is 0 Å². The first-order valence-electron chi connectivity index (χ1n) is 4.17. The summed E-state index contributed by atoms with van der Waals surface area (Å²) < 4.78 is 5.01. The van der Waals surface area contributed by atoms with E-state index in [1.807, 2.05) is 25.1 Å². The summed E-state index contributed by atoms with van der Waals surface area (Å²) in [5, 5.41) is 1.02. The molecule has 1 aromatic carbocycles. The van der Waals surface area contributed by atoms with Crippen LogP contribution in [0.25, 0.3) is 10.9 Å². The zero-order valence-corrected chi connectivity index (χ0v) is 9.17. The van der Waals surface area contributed by atoms with Gasteiger partial charge in [0.15, 0.2) is 0 Å². The highest BCUT2D eigenvalue weighted by Gasteiger charge is 2.06. The van der Waals surface area contributed by atoms with Crippen LogP contribution in [0.4, 0.5) is 0 Å². The molecular formula is C10H8BrNO2. The molecule has 0 saturated carbocycles. The molecular weight excluding hydrogens is 246 g/mol. The van der Waals surface area contributed by atoms with E-state index in [2.05, 4.69) is 20.9 Å². The summed E-state index contributed by atoms with van der Waals surface area (Å²) in [6, 6.07) is 5.56. The van der Waals surface area contributed by atoms with Crippen molar-refractivity contribution in [2.75, 3.05) is 0 Å². The lowest BCUT2D eigenvalue weighted by Gasteiger charge is -2.00. The number of alkyl halides is 1. The van der Waals surface area contributed by atoms with Gasteiger partial charge in [-0.25, -0.2) is 9.78 Å². The molecule has 0 aliphatic rings. The average Bonchev–Trinajstić information content (AvgIpc) is 2.17. The average molecular weight is 254 g/mol. The number of hydrogen-bond acceptors (Lipinski definition) is 3. The molecule has 2 rings (SSSR count). The summed E-state index contributed by atoms with van der Waals surface area (Å²) in [4.78, 5) is 15.8. The monoisotopic (exact) mass is 253 g/mol. The summed E-state index contributed by atoms with van der Waals surface area (Å²) in [6.45, 7) is 1.87. The van der Waals surface area contributed by atoms with Gasteiger partial charge in [-0.15, -0.1) is 0 Å². The first-order valence-corrected chi connectivity index (χ1v) is 5.30. The number of hydrogen-bond donors (Lipinski definition) is 0. The van der Waals surface area contributed by atoms with Crippen LogP contribution >= 0.6 is 15.9 Å². The maximum Gasteiger partial charge on any atom is 0.347 e. The smallest absolute Gasteiger partial charge is 0.347 e. The minimum atomic E-state index is -0.317. The molecule has 0 aliphatic carbocycles. The fourth-order valence-corrected chi connectivity index (χ4v) is 1.62. The lowest BCUT2D eigenvalue weighted by molar-refractivity contribution is 0.464. The third kappa shape index (κ3) is 1.46. The summed E-state index contributed by atoms with van der Waals surface area (Å²) in [5.41, 5.74) is 1.27. The van der Waals surface area contributed by atoms with Crippen molar-refractivity contribution in [3.8, 4) is 0 Å². The van der Waals surface area contributed by atoms with Crippen LogP contribution in [0.3, 0.4) is 0 Å². The standard InChI is InChI=1S/C10H8BrNO2/c1-6-3-2-4-7-9(6)10(13)14-8(5-11)12-7/h2-4H,5H2,1H3. The number of aromatic nitrogens is 1. The molecule has 14 heavy (non-hydrogen) atoms. The van der Waals surface area contributed by atoms with Gasteiger partial charge in [0.05, 0.1) is 16.2 Å². The summed E-state index contributed by atoms with van der Waals surface area (Å²) >= 11 is 3.20. The molecule has 0 radical (unpaired) electrons. The Bertz CT molecular complexity index is 533. The normalized spacial score (nSPS) is 10.7. The molecule has 0 unspecified atom stereocenters. The van der Waals surface area contributed by atoms with Crippen LogP contribution in [0.5, 0.6) is 0 Å². The van der Waals surface area contributed by atoms with E-state index in [1.165, 1.54) is 0 Å². The minimum absolute atomic E-state index is 0.317. The molecule has 0 saturated heterocycles. The Morgan fingerprint density at radius 3 is 3.00 bits per heavy atom. The number of benzene rings is 1. The highest BCUT2D eigenvalue weighted by molar-refractivity contribution is 9.08. The fourth-order valence-electron chi connectivity index (χ4n) is 1.38. The van der Waals surface area contributed by atoms with Gasteiger partial charge in [-0.1, -0.05) is 28.1 Å². The molecule has 2 aromatic rings. The quantitative estimate of drug-likeness (QED) is 0.734. The highest BCUT2D eigenvalue weighted by atomic mass is 79.9. The summed E-state index contributed by atoms with van der Waals surface area (Å²) in [6.07, 6.45) is 0. The zero-order chi connectivity index (χ0) is 10.1. The molecule has 0 bridgehead atoms. The van der Waals surface area contributed by atoms with Crippen LogP contribution < -0.4 is 5.63 Å². The molecule has 0 aliphatic heterocycles. The van der Waals surface area contributed by atoms with Gasteiger partial charge in [0.1, 0.15) is 0 Å². The van der Waals surface area contributed by atoms with E-state index in [4.69, 9.17) is 4.42 Å². The lowest BCUT2D eigenvalue weighted by Crippen LogP contribution is -2.05. The Hall–Kier alpha value is -1.16. The van der Waals surface area contributed by atoms with Crippen LogP contribution in [0.15, 0.2) is 27.4 Å². The summed E-state index contributed by atoms with van der Waals surface area (Å²) in [7, 11) is 0. The van der Waals surface area contributed by atoms with Gasteiger partial charge in [-0.3, -0.25) is 0 Å². The van der Waals surface area contributed by atoms with Crippen molar-refractivity contribution in [2.24, 2.45) is 0 Å². The van der Waals surface area contributed by atoms with Crippen molar-refractivity contribution in [3.63, 3.8) is 0 Å².